The van der Waals surface area contributed by atoms with Crippen LogP contribution in [-0.4, -0.2) is 62.3 Å². The zero-order chi connectivity index (χ0) is 39.2. The van der Waals surface area contributed by atoms with Crippen molar-refractivity contribution < 1.29 is 61.3 Å². The van der Waals surface area contributed by atoms with E-state index >= 15 is 0 Å². The fourth-order valence-corrected chi connectivity index (χ4v) is 5.42. The number of hydroxylamine groups is 1. The summed E-state index contributed by atoms with van der Waals surface area (Å²) in [4.78, 5) is 69.1. The Labute approximate surface area is 308 Å². The van der Waals surface area contributed by atoms with Crippen molar-refractivity contribution in [3.05, 3.63) is 107 Å². The fraction of sp³-hybridized carbons (Fsp3) is 0.289. The molecule has 0 aliphatic carbocycles. The molecule has 1 heterocycles. The molecule has 4 rings (SSSR count). The zero-order valence-electron chi connectivity index (χ0n) is 29.6. The third kappa shape index (κ3) is 10.9. The average molecular weight is 752 g/mol. The van der Waals surface area contributed by atoms with E-state index in [1.54, 1.807) is 6.92 Å². The topological polar surface area (TPSA) is 192 Å². The minimum Gasteiger partial charge on any atom is -0.506 e. The van der Waals surface area contributed by atoms with Crippen molar-refractivity contribution >= 4 is 29.7 Å². The van der Waals surface area contributed by atoms with Crippen LogP contribution in [0.25, 0.3) is 11.3 Å². The van der Waals surface area contributed by atoms with Gasteiger partial charge in [0.25, 0.3) is 5.91 Å². The Morgan fingerprint density at radius 2 is 1.63 bits per heavy atom. The second-order valence-electron chi connectivity index (χ2n) is 11.7. The van der Waals surface area contributed by atoms with Crippen LogP contribution in [0.1, 0.15) is 51.8 Å². The van der Waals surface area contributed by atoms with Gasteiger partial charge < -0.3 is 34.4 Å². The highest BCUT2D eigenvalue weighted by Gasteiger charge is 2.33. The van der Waals surface area contributed by atoms with Crippen molar-refractivity contribution in [3.8, 4) is 22.8 Å². The molecule has 0 saturated carbocycles. The first-order valence-electron chi connectivity index (χ1n) is 16.7. The summed E-state index contributed by atoms with van der Waals surface area (Å²) < 4.78 is 48.3. The van der Waals surface area contributed by atoms with Crippen molar-refractivity contribution in [2.45, 2.75) is 32.8 Å². The maximum Gasteiger partial charge on any atom is 0.343 e. The number of phenolic OH excluding ortho intramolecular Hbond substituents is 1. The Morgan fingerprint density at radius 1 is 0.870 bits per heavy atom. The Morgan fingerprint density at radius 3 is 2.31 bits per heavy atom. The summed E-state index contributed by atoms with van der Waals surface area (Å²) in [5, 5.41) is 15.9. The van der Waals surface area contributed by atoms with E-state index in [0.717, 1.165) is 38.0 Å². The molecule has 0 saturated heterocycles. The van der Waals surface area contributed by atoms with Crippen LogP contribution in [-0.2, 0) is 41.7 Å². The van der Waals surface area contributed by atoms with E-state index in [0.29, 0.717) is 0 Å². The molecule has 54 heavy (non-hydrogen) atoms. The van der Waals surface area contributed by atoms with Gasteiger partial charge in [-0.2, -0.15) is 0 Å². The van der Waals surface area contributed by atoms with E-state index in [9.17, 15) is 37.9 Å². The van der Waals surface area contributed by atoms with Crippen molar-refractivity contribution in [1.82, 2.24) is 16.1 Å². The Kier molecular flexibility index (Phi) is 14.6. The number of carbonyl (C=O) groups excluding carboxylic acids is 5. The number of furan rings is 1. The zero-order valence-corrected chi connectivity index (χ0v) is 29.6. The summed E-state index contributed by atoms with van der Waals surface area (Å²) in [5.74, 6) is -7.99. The molecule has 0 spiro atoms. The molecule has 0 fully saturated rings. The van der Waals surface area contributed by atoms with Crippen LogP contribution in [0.5, 0.6) is 11.5 Å². The number of benzene rings is 3. The van der Waals surface area contributed by atoms with E-state index in [1.165, 1.54) is 24.3 Å². The molecule has 4 aromatic rings. The number of ether oxygens (including phenoxy) is 3. The molecule has 4 N–H and O–H groups in total. The number of phenols is 1. The second-order valence-corrected chi connectivity index (χ2v) is 11.7. The molecule has 0 aliphatic rings. The van der Waals surface area contributed by atoms with Crippen molar-refractivity contribution in [3.63, 3.8) is 0 Å². The number of aromatic hydroxyl groups is 1. The van der Waals surface area contributed by atoms with Crippen LogP contribution >= 0.6 is 0 Å². The minimum absolute atomic E-state index is 0.000148. The molecule has 0 radical (unpaired) electrons. The van der Waals surface area contributed by atoms with Gasteiger partial charge in [-0.05, 0) is 60.7 Å². The van der Waals surface area contributed by atoms with Crippen LogP contribution < -0.4 is 20.9 Å². The van der Waals surface area contributed by atoms with Gasteiger partial charge in [0.1, 0.15) is 34.5 Å². The van der Waals surface area contributed by atoms with Crippen LogP contribution in [0.2, 0.25) is 0 Å². The second kappa shape index (κ2) is 19.5. The minimum atomic E-state index is -1.02. The summed E-state index contributed by atoms with van der Waals surface area (Å²) in [7, 11) is 2.26. The molecule has 14 nitrogen and oxygen atoms in total. The van der Waals surface area contributed by atoms with Crippen LogP contribution in [0, 0.1) is 23.5 Å². The fourth-order valence-electron chi connectivity index (χ4n) is 5.42. The lowest BCUT2D eigenvalue weighted by Gasteiger charge is -2.25. The number of methoxy groups -OCH3 is 2. The average Bonchev–Trinajstić information content (AvgIpc) is 3.67. The van der Waals surface area contributed by atoms with Crippen LogP contribution in [0.3, 0.4) is 0 Å². The first-order chi connectivity index (χ1) is 25.9. The summed E-state index contributed by atoms with van der Waals surface area (Å²) >= 11 is 0. The van der Waals surface area contributed by atoms with Crippen LogP contribution in [0.15, 0.2) is 77.2 Å². The predicted molar refractivity (Wildman–Crippen MR) is 186 cm³/mol. The van der Waals surface area contributed by atoms with E-state index in [1.807, 2.05) is 30.3 Å². The molecule has 1 aromatic heterocycles. The van der Waals surface area contributed by atoms with E-state index in [-0.39, 0.29) is 59.8 Å². The van der Waals surface area contributed by atoms with Crippen LogP contribution in [0.4, 0.5) is 8.78 Å². The van der Waals surface area contributed by atoms with Gasteiger partial charge in [0.05, 0.1) is 39.0 Å². The van der Waals surface area contributed by atoms with Gasteiger partial charge in [-0.3, -0.25) is 19.2 Å². The van der Waals surface area contributed by atoms with E-state index in [4.69, 9.17) is 18.7 Å². The predicted octanol–water partition coefficient (Wildman–Crippen LogP) is 4.60. The normalized spacial score (nSPS) is 11.9. The van der Waals surface area contributed by atoms with Gasteiger partial charge in [0.15, 0.2) is 12.4 Å². The van der Waals surface area contributed by atoms with Gasteiger partial charge >= 0.3 is 11.9 Å². The highest BCUT2D eigenvalue weighted by molar-refractivity contribution is 5.97. The number of aryl methyl sites for hydroxylation is 1. The third-order valence-corrected chi connectivity index (χ3v) is 8.27. The van der Waals surface area contributed by atoms with Gasteiger partial charge in [-0.25, -0.2) is 23.9 Å². The largest absolute Gasteiger partial charge is 0.506 e. The quantitative estimate of drug-likeness (QED) is 0.0632. The van der Waals surface area contributed by atoms with Crippen molar-refractivity contribution in [2.75, 3.05) is 27.5 Å². The lowest BCUT2D eigenvalue weighted by atomic mass is 9.84. The van der Waals surface area contributed by atoms with E-state index in [2.05, 4.69) is 20.9 Å². The highest BCUT2D eigenvalue weighted by Crippen LogP contribution is 2.37. The monoisotopic (exact) mass is 751 g/mol. The van der Waals surface area contributed by atoms with Gasteiger partial charge in [-0.1, -0.05) is 43.3 Å². The molecule has 0 bridgehead atoms. The summed E-state index contributed by atoms with van der Waals surface area (Å²) in [5.41, 5.74) is 2.96. The number of esters is 2. The number of hydrogen-bond donors (Lipinski definition) is 4. The first kappa shape index (κ1) is 40.5. The molecule has 2 atom stereocenters. The smallest absolute Gasteiger partial charge is 0.343 e. The molecule has 3 amide bonds. The number of nitrogens with one attached hydrogen (secondary N) is 3. The number of hydrogen-bond acceptors (Lipinski definition) is 11. The molecule has 286 valence electrons. The van der Waals surface area contributed by atoms with Crippen molar-refractivity contribution in [1.29, 1.82) is 0 Å². The maximum absolute atomic E-state index is 14.5. The molecule has 3 aromatic carbocycles. The molecule has 16 heteroatoms. The number of halogens is 2. The Bertz CT molecular complexity index is 1950. The molecular weight excluding hydrogens is 712 g/mol. The van der Waals surface area contributed by atoms with Gasteiger partial charge in [0.2, 0.25) is 11.8 Å². The van der Waals surface area contributed by atoms with Gasteiger partial charge in [0, 0.05) is 12.0 Å². The summed E-state index contributed by atoms with van der Waals surface area (Å²) in [6.45, 7) is 0.853. The Balaban J connectivity index is 1.45. The third-order valence-electron chi connectivity index (χ3n) is 8.27. The molecule has 0 unspecified atom stereocenters. The van der Waals surface area contributed by atoms with E-state index < -0.39 is 72.2 Å². The lowest BCUT2D eigenvalue weighted by Crippen LogP contribution is -2.45. The first-order valence-corrected chi connectivity index (χ1v) is 16.7. The SMILES string of the molecule is CC[C@@H](C(=O)NOCc1ccccc1)[C@@H](CCc1ccc(F)cc1F)C(=O)NCNC(=O)c1ccc(-c2cc(OCC(=O)OC)cc(C(=O)OC)c2O)o1. The highest BCUT2D eigenvalue weighted by atomic mass is 19.1. The number of rotatable bonds is 18. The molecular formula is C38H39F2N3O11. The number of carbonyl (C=O) groups is 5. The number of amides is 3. The molecule has 0 aliphatic heterocycles. The summed E-state index contributed by atoms with van der Waals surface area (Å²) in [6, 6.07) is 17.2. The Hall–Kier alpha value is -6.29. The summed E-state index contributed by atoms with van der Waals surface area (Å²) in [6.07, 6.45) is 0.194. The standard InChI is InChI=1S/C38H39F2N3O11/c1-4-26(36(47)43-53-19-22-8-6-5-7-9-22)27(13-11-23-10-12-24(39)16-30(23)40)35(46)41-21-42-37(48)32-15-14-31(54-32)28-17-25(52-20-33(44)50-2)18-29(34(28)45)38(49)51-3/h5-10,12,14-18,26-27,45H,4,11,13,19-21H2,1-3H3,(H,41,46)(H,42,48)(H,43,47)/t26-,27-/m1/s1. The maximum atomic E-state index is 14.5. The van der Waals surface area contributed by atoms with Crippen molar-refractivity contribution in [2.24, 2.45) is 11.8 Å². The van der Waals surface area contributed by atoms with Gasteiger partial charge in [-0.15, -0.1) is 0 Å². The lowest BCUT2D eigenvalue weighted by molar-refractivity contribution is -0.144.